The molecule has 3 rings (SSSR count). The average molecular weight is 331 g/mol. The molecule has 128 valence electrons. The summed E-state index contributed by atoms with van der Waals surface area (Å²) < 4.78 is 0. The molecule has 1 aliphatic rings. The van der Waals surface area contributed by atoms with Crippen molar-refractivity contribution in [1.29, 1.82) is 0 Å². The molecule has 0 unspecified atom stereocenters. The molecule has 4 N–H and O–H groups in total. The molecule has 0 fully saturated rings. The summed E-state index contributed by atoms with van der Waals surface area (Å²) in [5.74, 6) is -0.470. The summed E-state index contributed by atoms with van der Waals surface area (Å²) in [5.41, 5.74) is 1.96. The zero-order chi connectivity index (χ0) is 17.3. The fourth-order valence-electron chi connectivity index (χ4n) is 3.01. The number of aromatic amines is 1. The topological polar surface area (TPSA) is 110 Å². The van der Waals surface area contributed by atoms with Gasteiger partial charge in [-0.3, -0.25) is 9.69 Å². The number of aromatic hydroxyl groups is 3. The standard InChI is InChI=1S/C17H21N3O4/c1-2-3-14-18-12-9-20(7-6-11(12)17(24)19-14)8-10-4-5-13(21)16(23)15(10)22/h4-5,21-23H,2-3,6-9H2,1H3,(H,18,19,24). The second-order valence-electron chi connectivity index (χ2n) is 6.09. The Bertz CT molecular complexity index is 816. The third-order valence-electron chi connectivity index (χ3n) is 4.30. The lowest BCUT2D eigenvalue weighted by Gasteiger charge is -2.28. The van der Waals surface area contributed by atoms with E-state index in [0.717, 1.165) is 24.1 Å². The fourth-order valence-corrected chi connectivity index (χ4v) is 3.01. The second kappa shape index (κ2) is 6.52. The zero-order valence-electron chi connectivity index (χ0n) is 13.5. The maximum atomic E-state index is 12.1. The van der Waals surface area contributed by atoms with Crippen molar-refractivity contribution in [2.45, 2.75) is 39.3 Å². The monoisotopic (exact) mass is 331 g/mol. The number of nitrogens with one attached hydrogen (secondary N) is 1. The smallest absolute Gasteiger partial charge is 0.254 e. The van der Waals surface area contributed by atoms with Crippen LogP contribution in [0.15, 0.2) is 16.9 Å². The molecule has 2 aromatic rings. The van der Waals surface area contributed by atoms with Crippen LogP contribution >= 0.6 is 0 Å². The molecule has 0 spiro atoms. The Morgan fingerprint density at radius 2 is 2.04 bits per heavy atom. The number of nitrogens with zero attached hydrogens (tertiary/aromatic N) is 2. The molecule has 24 heavy (non-hydrogen) atoms. The Morgan fingerprint density at radius 3 is 2.79 bits per heavy atom. The van der Waals surface area contributed by atoms with Gasteiger partial charge in [0.05, 0.1) is 5.69 Å². The molecule has 7 nitrogen and oxygen atoms in total. The van der Waals surface area contributed by atoms with Crippen molar-refractivity contribution in [3.8, 4) is 17.2 Å². The number of fused-ring (bicyclic) bond motifs is 1. The van der Waals surface area contributed by atoms with E-state index in [1.165, 1.54) is 6.07 Å². The third kappa shape index (κ3) is 3.07. The summed E-state index contributed by atoms with van der Waals surface area (Å²) in [5, 5.41) is 29.0. The van der Waals surface area contributed by atoms with Gasteiger partial charge in [-0.2, -0.15) is 0 Å². The van der Waals surface area contributed by atoms with Crippen molar-refractivity contribution in [3.63, 3.8) is 0 Å². The molecule has 0 bridgehead atoms. The second-order valence-corrected chi connectivity index (χ2v) is 6.09. The average Bonchev–Trinajstić information content (AvgIpc) is 2.55. The van der Waals surface area contributed by atoms with Crippen LogP contribution in [0.5, 0.6) is 17.2 Å². The minimum Gasteiger partial charge on any atom is -0.504 e. The molecular formula is C17H21N3O4. The molecule has 0 atom stereocenters. The highest BCUT2D eigenvalue weighted by atomic mass is 16.3. The molecule has 1 aliphatic heterocycles. The van der Waals surface area contributed by atoms with Crippen LogP contribution in [0.1, 0.15) is 36.0 Å². The maximum absolute atomic E-state index is 12.1. The Hall–Kier alpha value is -2.54. The van der Waals surface area contributed by atoms with E-state index in [1.54, 1.807) is 6.07 Å². The van der Waals surface area contributed by atoms with Gasteiger partial charge in [0, 0.05) is 37.2 Å². The normalized spacial score (nSPS) is 14.5. The van der Waals surface area contributed by atoms with Crippen molar-refractivity contribution >= 4 is 0 Å². The Labute approximate surface area is 139 Å². The van der Waals surface area contributed by atoms with Gasteiger partial charge in [-0.15, -0.1) is 0 Å². The van der Waals surface area contributed by atoms with Crippen LogP contribution < -0.4 is 5.56 Å². The predicted molar refractivity (Wildman–Crippen MR) is 88.1 cm³/mol. The Kier molecular flexibility index (Phi) is 4.44. The number of phenolic OH excluding ortho intramolecular Hbond substituents is 3. The first kappa shape index (κ1) is 16.3. The van der Waals surface area contributed by atoms with Crippen LogP contribution in [-0.2, 0) is 25.9 Å². The van der Waals surface area contributed by atoms with E-state index in [2.05, 4.69) is 14.9 Å². The summed E-state index contributed by atoms with van der Waals surface area (Å²) >= 11 is 0. The van der Waals surface area contributed by atoms with Gasteiger partial charge in [0.15, 0.2) is 11.5 Å². The summed E-state index contributed by atoms with van der Waals surface area (Å²) in [7, 11) is 0. The highest BCUT2D eigenvalue weighted by molar-refractivity contribution is 5.53. The molecule has 0 amide bonds. The minimum atomic E-state index is -0.510. The number of phenols is 3. The van der Waals surface area contributed by atoms with E-state index >= 15 is 0 Å². The lowest BCUT2D eigenvalue weighted by Crippen LogP contribution is -2.35. The molecule has 1 aromatic heterocycles. The van der Waals surface area contributed by atoms with E-state index in [-0.39, 0.29) is 17.1 Å². The third-order valence-corrected chi connectivity index (χ3v) is 4.30. The lowest BCUT2D eigenvalue weighted by atomic mass is 10.0. The van der Waals surface area contributed by atoms with Gasteiger partial charge in [-0.25, -0.2) is 4.98 Å². The van der Waals surface area contributed by atoms with E-state index < -0.39 is 5.75 Å². The van der Waals surface area contributed by atoms with Gasteiger partial charge in [0.25, 0.3) is 5.56 Å². The summed E-state index contributed by atoms with van der Waals surface area (Å²) in [6.45, 7) is 3.60. The number of hydrogen-bond acceptors (Lipinski definition) is 6. The molecule has 7 heteroatoms. The number of hydrogen-bond donors (Lipinski definition) is 4. The van der Waals surface area contributed by atoms with Crippen LogP contribution in [-0.4, -0.2) is 36.7 Å². The van der Waals surface area contributed by atoms with Gasteiger partial charge >= 0.3 is 0 Å². The first-order chi connectivity index (χ1) is 11.5. The van der Waals surface area contributed by atoms with Crippen LogP contribution in [0.2, 0.25) is 0 Å². The van der Waals surface area contributed by atoms with Crippen molar-refractivity contribution in [1.82, 2.24) is 14.9 Å². The van der Waals surface area contributed by atoms with Crippen molar-refractivity contribution in [3.05, 3.63) is 45.1 Å². The van der Waals surface area contributed by atoms with E-state index in [1.807, 2.05) is 6.92 Å². The van der Waals surface area contributed by atoms with Gasteiger partial charge in [0.1, 0.15) is 5.82 Å². The molecule has 0 radical (unpaired) electrons. The highest BCUT2D eigenvalue weighted by Gasteiger charge is 2.22. The van der Waals surface area contributed by atoms with E-state index in [9.17, 15) is 20.1 Å². The predicted octanol–water partition coefficient (Wildman–Crippen LogP) is 1.40. The largest absolute Gasteiger partial charge is 0.504 e. The molecule has 0 aliphatic carbocycles. The molecular weight excluding hydrogens is 310 g/mol. The molecule has 1 aromatic carbocycles. The Balaban J connectivity index is 1.82. The van der Waals surface area contributed by atoms with E-state index in [4.69, 9.17) is 0 Å². The SMILES string of the molecule is CCCc1nc2c(c(=O)[nH]1)CCN(Cc1ccc(O)c(O)c1O)C2. The van der Waals surface area contributed by atoms with Crippen molar-refractivity contribution in [2.75, 3.05) is 6.54 Å². The number of benzene rings is 1. The quantitative estimate of drug-likeness (QED) is 0.631. The van der Waals surface area contributed by atoms with Gasteiger partial charge in [0.2, 0.25) is 5.75 Å². The number of aryl methyl sites for hydroxylation is 1. The van der Waals surface area contributed by atoms with Crippen molar-refractivity contribution < 1.29 is 15.3 Å². The van der Waals surface area contributed by atoms with Gasteiger partial charge in [-0.05, 0) is 18.9 Å². The first-order valence-corrected chi connectivity index (χ1v) is 8.05. The number of aromatic nitrogens is 2. The fraction of sp³-hybridized carbons (Fsp3) is 0.412. The minimum absolute atomic E-state index is 0.0618. The lowest BCUT2D eigenvalue weighted by molar-refractivity contribution is 0.235. The van der Waals surface area contributed by atoms with Crippen LogP contribution in [0.3, 0.4) is 0 Å². The van der Waals surface area contributed by atoms with Crippen LogP contribution in [0.25, 0.3) is 0 Å². The summed E-state index contributed by atoms with van der Waals surface area (Å²) in [4.78, 5) is 21.6. The van der Waals surface area contributed by atoms with Gasteiger partial charge in [-0.1, -0.05) is 13.0 Å². The number of rotatable bonds is 4. The van der Waals surface area contributed by atoms with Gasteiger partial charge < -0.3 is 20.3 Å². The molecule has 0 saturated heterocycles. The zero-order valence-corrected chi connectivity index (χ0v) is 13.5. The summed E-state index contributed by atoms with van der Waals surface area (Å²) in [6.07, 6.45) is 2.23. The van der Waals surface area contributed by atoms with Crippen molar-refractivity contribution in [2.24, 2.45) is 0 Å². The molecule has 0 saturated carbocycles. The molecule has 2 heterocycles. The highest BCUT2D eigenvalue weighted by Crippen LogP contribution is 2.37. The van der Waals surface area contributed by atoms with Crippen LogP contribution in [0, 0.1) is 0 Å². The maximum Gasteiger partial charge on any atom is 0.254 e. The Morgan fingerprint density at radius 1 is 1.25 bits per heavy atom. The van der Waals surface area contributed by atoms with E-state index in [0.29, 0.717) is 37.4 Å². The van der Waals surface area contributed by atoms with Crippen LogP contribution in [0.4, 0.5) is 0 Å². The summed E-state index contributed by atoms with van der Waals surface area (Å²) in [6, 6.07) is 2.93. The number of H-pyrrole nitrogens is 1. The first-order valence-electron chi connectivity index (χ1n) is 8.05.